The first-order valence-electron chi connectivity index (χ1n) is 8.85. The van der Waals surface area contributed by atoms with Crippen molar-refractivity contribution >= 4 is 33.6 Å². The first-order chi connectivity index (χ1) is 13.0. The van der Waals surface area contributed by atoms with Crippen molar-refractivity contribution in [2.75, 3.05) is 5.32 Å². The molecular formula is C22H22BrN3O. The van der Waals surface area contributed by atoms with Crippen molar-refractivity contribution in [1.82, 2.24) is 9.78 Å². The summed E-state index contributed by atoms with van der Waals surface area (Å²) in [5.41, 5.74) is 4.11. The normalized spacial score (nSPS) is 11.3. The predicted molar refractivity (Wildman–Crippen MR) is 114 cm³/mol. The van der Waals surface area contributed by atoms with Gasteiger partial charge in [-0.15, -0.1) is 0 Å². The van der Waals surface area contributed by atoms with Crippen molar-refractivity contribution in [3.05, 3.63) is 88.2 Å². The van der Waals surface area contributed by atoms with Crippen LogP contribution in [-0.2, 0) is 11.3 Å². The van der Waals surface area contributed by atoms with Crippen LogP contribution in [0.5, 0.6) is 0 Å². The average molecular weight is 424 g/mol. The Morgan fingerprint density at radius 1 is 1.15 bits per heavy atom. The van der Waals surface area contributed by atoms with Gasteiger partial charge in [-0.05, 0) is 40.8 Å². The SMILES string of the molecule is CC(C)c1ccc(/C=C/C(=O)Nc2cnn(Cc3ccc(Br)cc3)c2)cc1. The number of carbonyl (C=O) groups is 1. The van der Waals surface area contributed by atoms with E-state index in [0.717, 1.165) is 15.6 Å². The molecule has 0 saturated heterocycles. The highest BCUT2D eigenvalue weighted by atomic mass is 79.9. The maximum atomic E-state index is 12.1. The van der Waals surface area contributed by atoms with Crippen molar-refractivity contribution in [2.24, 2.45) is 0 Å². The van der Waals surface area contributed by atoms with Gasteiger partial charge in [0.25, 0.3) is 0 Å². The molecule has 0 aliphatic rings. The van der Waals surface area contributed by atoms with Gasteiger partial charge in [-0.2, -0.15) is 5.10 Å². The zero-order chi connectivity index (χ0) is 19.2. The molecular weight excluding hydrogens is 402 g/mol. The molecule has 1 heterocycles. The molecule has 1 aromatic heterocycles. The van der Waals surface area contributed by atoms with E-state index in [1.165, 1.54) is 11.6 Å². The summed E-state index contributed by atoms with van der Waals surface area (Å²) in [4.78, 5) is 12.1. The van der Waals surface area contributed by atoms with Crippen LogP contribution in [0.4, 0.5) is 5.69 Å². The number of hydrogen-bond acceptors (Lipinski definition) is 2. The summed E-state index contributed by atoms with van der Waals surface area (Å²) in [6, 6.07) is 16.3. The third-order valence-electron chi connectivity index (χ3n) is 4.19. The Hall–Kier alpha value is -2.66. The summed E-state index contributed by atoms with van der Waals surface area (Å²) in [5, 5.41) is 7.14. The largest absolute Gasteiger partial charge is 0.320 e. The molecule has 0 unspecified atom stereocenters. The molecule has 0 fully saturated rings. The minimum Gasteiger partial charge on any atom is -0.320 e. The number of carbonyl (C=O) groups excluding carboxylic acids is 1. The Morgan fingerprint density at radius 2 is 1.85 bits per heavy atom. The van der Waals surface area contributed by atoms with Gasteiger partial charge < -0.3 is 5.32 Å². The molecule has 27 heavy (non-hydrogen) atoms. The van der Waals surface area contributed by atoms with Gasteiger partial charge in [-0.3, -0.25) is 9.48 Å². The van der Waals surface area contributed by atoms with Crippen LogP contribution in [-0.4, -0.2) is 15.7 Å². The summed E-state index contributed by atoms with van der Waals surface area (Å²) in [5.74, 6) is 0.325. The second-order valence-electron chi connectivity index (χ2n) is 6.70. The van der Waals surface area contributed by atoms with Crippen LogP contribution in [0, 0.1) is 0 Å². The van der Waals surface area contributed by atoms with E-state index in [2.05, 4.69) is 52.3 Å². The fourth-order valence-corrected chi connectivity index (χ4v) is 2.90. The van der Waals surface area contributed by atoms with E-state index in [-0.39, 0.29) is 5.91 Å². The summed E-state index contributed by atoms with van der Waals surface area (Å²) >= 11 is 3.43. The molecule has 0 spiro atoms. The van der Waals surface area contributed by atoms with E-state index in [1.807, 2.05) is 48.7 Å². The lowest BCUT2D eigenvalue weighted by Gasteiger charge is -2.04. The summed E-state index contributed by atoms with van der Waals surface area (Å²) in [6.45, 7) is 4.98. The van der Waals surface area contributed by atoms with Crippen LogP contribution in [0.25, 0.3) is 6.08 Å². The number of amides is 1. The number of benzene rings is 2. The van der Waals surface area contributed by atoms with Crippen molar-refractivity contribution in [3.8, 4) is 0 Å². The molecule has 0 aliphatic heterocycles. The zero-order valence-electron chi connectivity index (χ0n) is 15.4. The van der Waals surface area contributed by atoms with Crippen molar-refractivity contribution in [3.63, 3.8) is 0 Å². The topological polar surface area (TPSA) is 46.9 Å². The molecule has 3 aromatic rings. The number of aromatic nitrogens is 2. The third-order valence-corrected chi connectivity index (χ3v) is 4.72. The summed E-state index contributed by atoms with van der Waals surface area (Å²) < 4.78 is 2.85. The first-order valence-corrected chi connectivity index (χ1v) is 9.65. The monoisotopic (exact) mass is 423 g/mol. The lowest BCUT2D eigenvalue weighted by molar-refractivity contribution is -0.111. The fourth-order valence-electron chi connectivity index (χ4n) is 2.64. The van der Waals surface area contributed by atoms with Gasteiger partial charge in [0, 0.05) is 16.7 Å². The molecule has 1 N–H and O–H groups in total. The van der Waals surface area contributed by atoms with E-state index in [1.54, 1.807) is 10.9 Å². The van der Waals surface area contributed by atoms with Gasteiger partial charge in [0.1, 0.15) is 0 Å². The van der Waals surface area contributed by atoms with Gasteiger partial charge in [0.05, 0.1) is 18.4 Å². The molecule has 2 aromatic carbocycles. The van der Waals surface area contributed by atoms with Gasteiger partial charge in [0.2, 0.25) is 5.91 Å². The standard InChI is InChI=1S/C22H22BrN3O/c1-16(2)19-8-3-17(4-9-19)7-12-22(27)25-21-13-24-26(15-21)14-18-5-10-20(23)11-6-18/h3-13,15-16H,14H2,1-2H3,(H,25,27)/b12-7+. The predicted octanol–water partition coefficient (Wildman–Crippen LogP) is 5.47. The van der Waals surface area contributed by atoms with Gasteiger partial charge in [-0.25, -0.2) is 0 Å². The van der Waals surface area contributed by atoms with Gasteiger partial charge in [0.15, 0.2) is 0 Å². The molecule has 4 nitrogen and oxygen atoms in total. The highest BCUT2D eigenvalue weighted by Gasteiger charge is 2.03. The van der Waals surface area contributed by atoms with E-state index >= 15 is 0 Å². The van der Waals surface area contributed by atoms with Gasteiger partial charge >= 0.3 is 0 Å². The van der Waals surface area contributed by atoms with Crippen LogP contribution in [0.2, 0.25) is 0 Å². The van der Waals surface area contributed by atoms with E-state index in [0.29, 0.717) is 18.2 Å². The number of halogens is 1. The molecule has 5 heteroatoms. The highest BCUT2D eigenvalue weighted by Crippen LogP contribution is 2.16. The quantitative estimate of drug-likeness (QED) is 0.534. The second kappa shape index (κ2) is 8.82. The Bertz CT molecular complexity index is 925. The lowest BCUT2D eigenvalue weighted by atomic mass is 10.0. The Morgan fingerprint density at radius 3 is 2.52 bits per heavy atom. The fraction of sp³-hybridized carbons (Fsp3) is 0.182. The van der Waals surface area contributed by atoms with Crippen LogP contribution in [0.15, 0.2) is 71.5 Å². The molecule has 0 radical (unpaired) electrons. The van der Waals surface area contributed by atoms with Crippen molar-refractivity contribution < 1.29 is 4.79 Å². The Balaban J connectivity index is 1.56. The number of rotatable bonds is 6. The van der Waals surface area contributed by atoms with Gasteiger partial charge in [-0.1, -0.05) is 66.2 Å². The van der Waals surface area contributed by atoms with Crippen LogP contribution >= 0.6 is 15.9 Å². The summed E-state index contributed by atoms with van der Waals surface area (Å²) in [6.07, 6.45) is 6.83. The molecule has 0 aliphatic carbocycles. The molecule has 0 bridgehead atoms. The molecule has 0 saturated carbocycles. The number of nitrogens with zero attached hydrogens (tertiary/aromatic N) is 2. The highest BCUT2D eigenvalue weighted by molar-refractivity contribution is 9.10. The smallest absolute Gasteiger partial charge is 0.248 e. The molecule has 0 atom stereocenters. The van der Waals surface area contributed by atoms with Crippen molar-refractivity contribution in [2.45, 2.75) is 26.3 Å². The average Bonchev–Trinajstić information content (AvgIpc) is 3.09. The lowest BCUT2D eigenvalue weighted by Crippen LogP contribution is -2.07. The molecule has 1 amide bonds. The number of nitrogens with one attached hydrogen (secondary N) is 1. The van der Waals surface area contributed by atoms with Crippen LogP contribution in [0.3, 0.4) is 0 Å². The summed E-state index contributed by atoms with van der Waals surface area (Å²) in [7, 11) is 0. The minimum absolute atomic E-state index is 0.175. The molecule has 138 valence electrons. The van der Waals surface area contributed by atoms with E-state index in [9.17, 15) is 4.79 Å². The Labute approximate surface area is 168 Å². The maximum absolute atomic E-state index is 12.1. The number of hydrogen-bond donors (Lipinski definition) is 1. The van der Waals surface area contributed by atoms with E-state index < -0.39 is 0 Å². The second-order valence-corrected chi connectivity index (χ2v) is 7.61. The van der Waals surface area contributed by atoms with Crippen molar-refractivity contribution in [1.29, 1.82) is 0 Å². The zero-order valence-corrected chi connectivity index (χ0v) is 17.0. The Kier molecular flexibility index (Phi) is 6.24. The minimum atomic E-state index is -0.175. The number of anilines is 1. The maximum Gasteiger partial charge on any atom is 0.248 e. The third kappa shape index (κ3) is 5.66. The van der Waals surface area contributed by atoms with E-state index in [4.69, 9.17) is 0 Å². The van der Waals surface area contributed by atoms with Crippen LogP contribution < -0.4 is 5.32 Å². The van der Waals surface area contributed by atoms with Crippen LogP contribution in [0.1, 0.15) is 36.5 Å². The molecule has 3 rings (SSSR count). The first kappa shape index (κ1) is 19.1.